The van der Waals surface area contributed by atoms with Crippen LogP contribution in [0.5, 0.6) is 0 Å². The van der Waals surface area contributed by atoms with Crippen molar-refractivity contribution in [3.8, 4) is 0 Å². The van der Waals surface area contributed by atoms with Crippen LogP contribution in [0.3, 0.4) is 0 Å². The predicted octanol–water partition coefficient (Wildman–Crippen LogP) is 1.73. The molecule has 0 aliphatic rings. The summed E-state index contributed by atoms with van der Waals surface area (Å²) in [6.45, 7) is 0.687. The van der Waals surface area contributed by atoms with Crippen molar-refractivity contribution >= 4 is 5.69 Å². The highest BCUT2D eigenvalue weighted by atomic mass is 16.5. The maximum absolute atomic E-state index is 9.74. The number of benzene rings is 1. The molecule has 0 aromatic heterocycles. The van der Waals surface area contributed by atoms with E-state index in [1.807, 2.05) is 12.1 Å². The van der Waals surface area contributed by atoms with E-state index in [1.165, 1.54) is 0 Å². The first-order valence-electron chi connectivity index (χ1n) is 4.76. The Balaban J connectivity index is 2.43. The van der Waals surface area contributed by atoms with Crippen molar-refractivity contribution < 1.29 is 9.84 Å². The Kier molecular flexibility index (Phi) is 4.43. The Labute approximate surface area is 84.5 Å². The van der Waals surface area contributed by atoms with Gasteiger partial charge >= 0.3 is 0 Å². The Morgan fingerprint density at radius 3 is 2.57 bits per heavy atom. The van der Waals surface area contributed by atoms with Gasteiger partial charge in [-0.1, -0.05) is 12.1 Å². The third-order valence-electron chi connectivity index (χ3n) is 2.15. The van der Waals surface area contributed by atoms with Gasteiger partial charge in [0, 0.05) is 19.4 Å². The first-order chi connectivity index (χ1) is 6.74. The maximum atomic E-state index is 9.74. The summed E-state index contributed by atoms with van der Waals surface area (Å²) in [6, 6.07) is 7.31. The summed E-state index contributed by atoms with van der Waals surface area (Å²) in [7, 11) is 1.66. The first kappa shape index (κ1) is 11.0. The van der Waals surface area contributed by atoms with Crippen LogP contribution < -0.4 is 5.73 Å². The maximum Gasteiger partial charge on any atom is 0.0790 e. The van der Waals surface area contributed by atoms with Gasteiger partial charge in [0.15, 0.2) is 0 Å². The lowest BCUT2D eigenvalue weighted by Gasteiger charge is -2.10. The molecule has 0 bridgehead atoms. The SMILES string of the molecule is COCCCC(O)c1ccc(N)cc1. The molecule has 3 N–H and O–H groups in total. The molecule has 0 amide bonds. The summed E-state index contributed by atoms with van der Waals surface area (Å²) >= 11 is 0. The summed E-state index contributed by atoms with van der Waals surface area (Å²) in [6.07, 6.45) is 1.17. The van der Waals surface area contributed by atoms with Gasteiger partial charge in [-0.2, -0.15) is 0 Å². The normalized spacial score (nSPS) is 12.7. The standard InChI is InChI=1S/C11H17NO2/c1-14-8-2-3-11(13)9-4-6-10(12)7-5-9/h4-7,11,13H,2-3,8,12H2,1H3. The molecule has 14 heavy (non-hydrogen) atoms. The Morgan fingerprint density at radius 1 is 1.36 bits per heavy atom. The molecule has 1 atom stereocenters. The molecule has 0 saturated heterocycles. The van der Waals surface area contributed by atoms with E-state index in [9.17, 15) is 5.11 Å². The van der Waals surface area contributed by atoms with Crippen LogP contribution in [-0.2, 0) is 4.74 Å². The van der Waals surface area contributed by atoms with Crippen LogP contribution in [0.1, 0.15) is 24.5 Å². The lowest BCUT2D eigenvalue weighted by molar-refractivity contribution is 0.136. The van der Waals surface area contributed by atoms with Gasteiger partial charge in [0.1, 0.15) is 0 Å². The molecule has 0 aliphatic heterocycles. The van der Waals surface area contributed by atoms with E-state index in [0.29, 0.717) is 6.61 Å². The summed E-state index contributed by atoms with van der Waals surface area (Å²) in [5.74, 6) is 0. The number of nitrogen functional groups attached to an aromatic ring is 1. The van der Waals surface area contributed by atoms with Gasteiger partial charge in [-0.05, 0) is 30.5 Å². The molecule has 78 valence electrons. The van der Waals surface area contributed by atoms with Crippen LogP contribution in [0.4, 0.5) is 5.69 Å². The van der Waals surface area contributed by atoms with Crippen molar-refractivity contribution in [1.29, 1.82) is 0 Å². The van der Waals surface area contributed by atoms with Gasteiger partial charge in [-0.25, -0.2) is 0 Å². The second-order valence-electron chi connectivity index (χ2n) is 3.32. The second kappa shape index (κ2) is 5.62. The van der Waals surface area contributed by atoms with Gasteiger partial charge in [0.2, 0.25) is 0 Å². The average Bonchev–Trinajstić information content (AvgIpc) is 2.19. The number of aliphatic hydroxyl groups is 1. The molecule has 1 aromatic carbocycles. The molecule has 1 unspecified atom stereocenters. The van der Waals surface area contributed by atoms with Crippen LogP contribution >= 0.6 is 0 Å². The molecule has 0 radical (unpaired) electrons. The lowest BCUT2D eigenvalue weighted by atomic mass is 10.1. The highest BCUT2D eigenvalue weighted by Crippen LogP contribution is 2.19. The molecule has 3 heteroatoms. The van der Waals surface area contributed by atoms with Gasteiger partial charge in [-0.3, -0.25) is 0 Å². The quantitative estimate of drug-likeness (QED) is 0.555. The minimum atomic E-state index is -0.411. The topological polar surface area (TPSA) is 55.5 Å². The fraction of sp³-hybridized carbons (Fsp3) is 0.455. The zero-order valence-corrected chi connectivity index (χ0v) is 8.44. The predicted molar refractivity (Wildman–Crippen MR) is 56.9 cm³/mol. The Morgan fingerprint density at radius 2 is 2.00 bits per heavy atom. The van der Waals surface area contributed by atoms with Crippen molar-refractivity contribution in [2.75, 3.05) is 19.5 Å². The van der Waals surface area contributed by atoms with Crippen molar-refractivity contribution in [3.63, 3.8) is 0 Å². The van der Waals surface area contributed by atoms with Crippen molar-refractivity contribution in [2.45, 2.75) is 18.9 Å². The second-order valence-corrected chi connectivity index (χ2v) is 3.32. The van der Waals surface area contributed by atoms with Gasteiger partial charge < -0.3 is 15.6 Å². The zero-order valence-electron chi connectivity index (χ0n) is 8.44. The molecular weight excluding hydrogens is 178 g/mol. The third-order valence-corrected chi connectivity index (χ3v) is 2.15. The van der Waals surface area contributed by atoms with Crippen LogP contribution in [0.15, 0.2) is 24.3 Å². The van der Waals surface area contributed by atoms with Crippen LogP contribution in [-0.4, -0.2) is 18.8 Å². The van der Waals surface area contributed by atoms with Crippen molar-refractivity contribution in [1.82, 2.24) is 0 Å². The molecular formula is C11H17NO2. The van der Waals surface area contributed by atoms with E-state index in [1.54, 1.807) is 19.2 Å². The van der Waals surface area contributed by atoms with E-state index < -0.39 is 6.10 Å². The monoisotopic (exact) mass is 195 g/mol. The van der Waals surface area contributed by atoms with Gasteiger partial charge in [0.25, 0.3) is 0 Å². The molecule has 0 fully saturated rings. The number of ether oxygens (including phenoxy) is 1. The van der Waals surface area contributed by atoms with Crippen molar-refractivity contribution in [3.05, 3.63) is 29.8 Å². The van der Waals surface area contributed by atoms with Crippen LogP contribution in [0, 0.1) is 0 Å². The molecule has 0 aliphatic carbocycles. The summed E-state index contributed by atoms with van der Waals surface area (Å²) in [4.78, 5) is 0. The molecule has 3 nitrogen and oxygen atoms in total. The van der Waals surface area contributed by atoms with Crippen LogP contribution in [0.25, 0.3) is 0 Å². The van der Waals surface area contributed by atoms with E-state index in [-0.39, 0.29) is 0 Å². The summed E-state index contributed by atoms with van der Waals surface area (Å²) in [5, 5.41) is 9.74. The molecule has 0 heterocycles. The van der Waals surface area contributed by atoms with E-state index in [0.717, 1.165) is 24.1 Å². The zero-order chi connectivity index (χ0) is 10.4. The minimum Gasteiger partial charge on any atom is -0.399 e. The Hall–Kier alpha value is -1.06. The number of nitrogens with two attached hydrogens (primary N) is 1. The van der Waals surface area contributed by atoms with Gasteiger partial charge in [0.05, 0.1) is 6.10 Å². The van der Waals surface area contributed by atoms with Crippen molar-refractivity contribution in [2.24, 2.45) is 0 Å². The molecule has 1 aromatic rings. The minimum absolute atomic E-state index is 0.411. The number of rotatable bonds is 5. The number of hydrogen-bond acceptors (Lipinski definition) is 3. The number of methoxy groups -OCH3 is 1. The highest BCUT2D eigenvalue weighted by molar-refractivity contribution is 5.39. The Bertz CT molecular complexity index is 258. The smallest absolute Gasteiger partial charge is 0.0790 e. The van der Waals surface area contributed by atoms with Crippen LogP contribution in [0.2, 0.25) is 0 Å². The molecule has 0 spiro atoms. The van der Waals surface area contributed by atoms with E-state index >= 15 is 0 Å². The first-order valence-corrected chi connectivity index (χ1v) is 4.76. The third kappa shape index (κ3) is 3.36. The van der Waals surface area contributed by atoms with Gasteiger partial charge in [-0.15, -0.1) is 0 Å². The largest absolute Gasteiger partial charge is 0.399 e. The fourth-order valence-corrected chi connectivity index (χ4v) is 1.31. The summed E-state index contributed by atoms with van der Waals surface area (Å²) in [5.41, 5.74) is 7.18. The average molecular weight is 195 g/mol. The number of anilines is 1. The number of hydrogen-bond donors (Lipinski definition) is 2. The fourth-order valence-electron chi connectivity index (χ4n) is 1.31. The molecule has 1 rings (SSSR count). The number of aliphatic hydroxyl groups excluding tert-OH is 1. The summed E-state index contributed by atoms with van der Waals surface area (Å²) < 4.78 is 4.92. The lowest BCUT2D eigenvalue weighted by Crippen LogP contribution is -2.00. The highest BCUT2D eigenvalue weighted by Gasteiger charge is 2.05. The molecule has 0 saturated carbocycles. The van der Waals surface area contributed by atoms with E-state index in [2.05, 4.69) is 0 Å². The van der Waals surface area contributed by atoms with E-state index in [4.69, 9.17) is 10.5 Å².